The molecule has 2 aromatic heterocycles. The molecule has 0 bridgehead atoms. The number of piperazine rings is 1. The Kier molecular flexibility index (Phi) is 7.79. The maximum absolute atomic E-state index is 13.8. The number of aromatic nitrogens is 2. The van der Waals surface area contributed by atoms with Crippen molar-refractivity contribution in [2.75, 3.05) is 34.4 Å². The van der Waals surface area contributed by atoms with Crippen molar-refractivity contribution in [1.82, 2.24) is 24.4 Å². The molecule has 0 aliphatic carbocycles. The molecule has 4 rings (SSSR count). The van der Waals surface area contributed by atoms with E-state index in [1.165, 1.54) is 39.6 Å². The number of carbonyl (C=O) groups excluding carboxylic acids is 3. The second-order valence-corrected chi connectivity index (χ2v) is 9.60. The molecule has 1 aromatic carbocycles. The highest BCUT2D eigenvalue weighted by Gasteiger charge is 2.35. The van der Waals surface area contributed by atoms with Gasteiger partial charge in [0.1, 0.15) is 17.0 Å². The summed E-state index contributed by atoms with van der Waals surface area (Å²) in [6.07, 6.45) is 1.51. The normalized spacial score (nSPS) is 18.0. The third-order valence-electron chi connectivity index (χ3n) is 7.01. The van der Waals surface area contributed by atoms with E-state index in [4.69, 9.17) is 9.57 Å². The molecule has 10 nitrogen and oxygen atoms in total. The van der Waals surface area contributed by atoms with Crippen molar-refractivity contribution in [1.29, 1.82) is 0 Å². The number of ether oxygens (including phenoxy) is 1. The fourth-order valence-electron chi connectivity index (χ4n) is 4.79. The van der Waals surface area contributed by atoms with Gasteiger partial charge in [-0.05, 0) is 37.6 Å². The van der Waals surface area contributed by atoms with Crippen molar-refractivity contribution in [3.63, 3.8) is 0 Å². The van der Waals surface area contributed by atoms with Crippen LogP contribution in [0.25, 0.3) is 11.0 Å². The fraction of sp³-hybridized carbons (Fsp3) is 0.407. The first-order valence-corrected chi connectivity index (χ1v) is 12.3. The van der Waals surface area contributed by atoms with Crippen LogP contribution in [0.2, 0.25) is 0 Å². The lowest BCUT2D eigenvalue weighted by Crippen LogP contribution is -2.57. The number of hydrogen-bond acceptors (Lipinski definition) is 7. The van der Waals surface area contributed by atoms with Crippen molar-refractivity contribution in [3.05, 3.63) is 59.0 Å². The van der Waals surface area contributed by atoms with E-state index in [2.05, 4.69) is 9.88 Å². The molecule has 202 valence electrons. The molecule has 0 unspecified atom stereocenters. The quantitative estimate of drug-likeness (QED) is 0.266. The molecule has 0 N–H and O–H groups in total. The summed E-state index contributed by atoms with van der Waals surface area (Å²) in [6, 6.07) is 7.91. The van der Waals surface area contributed by atoms with E-state index in [1.54, 1.807) is 34.7 Å². The number of hydrogen-bond donors (Lipinski definition) is 0. The number of benzene rings is 1. The molecule has 0 radical (unpaired) electrons. The molecule has 2 amide bonds. The second kappa shape index (κ2) is 10.9. The van der Waals surface area contributed by atoms with Crippen LogP contribution in [0.1, 0.15) is 40.1 Å². The van der Waals surface area contributed by atoms with Crippen molar-refractivity contribution < 1.29 is 28.3 Å². The molecule has 11 heteroatoms. The van der Waals surface area contributed by atoms with Gasteiger partial charge in [-0.3, -0.25) is 24.1 Å². The SMILES string of the molecule is COc1nc2c(cc1C(=O)N1C[C@H](C)N(Cc3ccc(F)cc3)C[C@H]1C)c(C(=O)C(=O)N(C)OC)cn2C. The smallest absolute Gasteiger partial charge is 0.318 e. The number of aryl methyl sites for hydroxylation is 1. The molecule has 1 saturated heterocycles. The van der Waals surface area contributed by atoms with Crippen LogP contribution in [-0.2, 0) is 23.2 Å². The number of halogens is 1. The summed E-state index contributed by atoms with van der Waals surface area (Å²) >= 11 is 0. The first-order valence-electron chi connectivity index (χ1n) is 12.3. The van der Waals surface area contributed by atoms with Gasteiger partial charge in [-0.15, -0.1) is 0 Å². The second-order valence-electron chi connectivity index (χ2n) is 9.60. The van der Waals surface area contributed by atoms with Crippen LogP contribution in [0, 0.1) is 5.82 Å². The molecule has 3 heterocycles. The minimum Gasteiger partial charge on any atom is -0.480 e. The lowest BCUT2D eigenvalue weighted by atomic mass is 10.0. The standard InChI is InChI=1S/C27H32FN5O5/c1-16-13-33(17(2)12-32(16)14-18-7-9-19(28)10-8-18)26(35)21-11-20-22(23(34)27(36)31(4)38-6)15-30(3)24(20)29-25(21)37-5/h7-11,15-17H,12-14H2,1-6H3/t16-,17+/m0/s1. The number of pyridine rings is 1. The molecule has 1 aliphatic heterocycles. The van der Waals surface area contributed by atoms with Crippen molar-refractivity contribution >= 4 is 28.6 Å². The van der Waals surface area contributed by atoms with Gasteiger partial charge in [0, 0.05) is 57.4 Å². The van der Waals surface area contributed by atoms with Gasteiger partial charge in [0.25, 0.3) is 11.7 Å². The molecule has 1 aliphatic rings. The fourth-order valence-corrected chi connectivity index (χ4v) is 4.79. The summed E-state index contributed by atoms with van der Waals surface area (Å²) in [7, 11) is 5.77. The van der Waals surface area contributed by atoms with E-state index < -0.39 is 11.7 Å². The molecule has 0 spiro atoms. The van der Waals surface area contributed by atoms with Gasteiger partial charge >= 0.3 is 5.91 Å². The minimum atomic E-state index is -0.844. The van der Waals surface area contributed by atoms with E-state index >= 15 is 0 Å². The number of nitrogens with zero attached hydrogens (tertiary/aromatic N) is 5. The Hall–Kier alpha value is -3.83. The zero-order chi connectivity index (χ0) is 27.7. The average Bonchev–Trinajstić information content (AvgIpc) is 3.24. The number of hydroxylamine groups is 2. The van der Waals surface area contributed by atoms with Crippen LogP contribution < -0.4 is 4.74 Å². The highest BCUT2D eigenvalue weighted by atomic mass is 19.1. The third-order valence-corrected chi connectivity index (χ3v) is 7.01. The molecular weight excluding hydrogens is 493 g/mol. The molecule has 2 atom stereocenters. The number of amides is 2. The zero-order valence-corrected chi connectivity index (χ0v) is 22.4. The Balaban J connectivity index is 1.63. The summed E-state index contributed by atoms with van der Waals surface area (Å²) in [4.78, 5) is 52.6. The van der Waals surface area contributed by atoms with Gasteiger partial charge in [0.2, 0.25) is 5.88 Å². The van der Waals surface area contributed by atoms with Gasteiger partial charge in [-0.1, -0.05) is 12.1 Å². The number of rotatable bonds is 7. The maximum Gasteiger partial charge on any atom is 0.318 e. The molecule has 3 aromatic rings. The number of Topliss-reactive ketones (excluding diaryl/α,β-unsaturated/α-hetero) is 1. The number of ketones is 1. The summed E-state index contributed by atoms with van der Waals surface area (Å²) < 4.78 is 20.4. The first-order chi connectivity index (χ1) is 18.0. The summed E-state index contributed by atoms with van der Waals surface area (Å²) in [5.74, 6) is -2.04. The van der Waals surface area contributed by atoms with Crippen LogP contribution in [-0.4, -0.2) is 88.5 Å². The van der Waals surface area contributed by atoms with Crippen LogP contribution >= 0.6 is 0 Å². The largest absolute Gasteiger partial charge is 0.480 e. The Bertz CT molecular complexity index is 1370. The number of carbonyl (C=O) groups is 3. The average molecular weight is 526 g/mol. The van der Waals surface area contributed by atoms with Crippen molar-refractivity contribution in [3.8, 4) is 5.88 Å². The van der Waals surface area contributed by atoms with Crippen molar-refractivity contribution in [2.24, 2.45) is 7.05 Å². The highest BCUT2D eigenvalue weighted by molar-refractivity contribution is 6.44. The zero-order valence-electron chi connectivity index (χ0n) is 22.4. The first kappa shape index (κ1) is 27.2. The summed E-state index contributed by atoms with van der Waals surface area (Å²) in [5.41, 5.74) is 1.72. The molecule has 0 saturated carbocycles. The Labute approximate surface area is 220 Å². The lowest BCUT2D eigenvalue weighted by Gasteiger charge is -2.44. The summed E-state index contributed by atoms with van der Waals surface area (Å²) in [5, 5.41) is 1.22. The summed E-state index contributed by atoms with van der Waals surface area (Å²) in [6.45, 7) is 5.73. The monoisotopic (exact) mass is 525 g/mol. The number of methoxy groups -OCH3 is 1. The topological polar surface area (TPSA) is 97.2 Å². The predicted octanol–water partition coefficient (Wildman–Crippen LogP) is 2.66. The molecule has 1 fully saturated rings. The maximum atomic E-state index is 13.8. The van der Waals surface area contributed by atoms with Crippen LogP contribution in [0.3, 0.4) is 0 Å². The van der Waals surface area contributed by atoms with E-state index in [9.17, 15) is 18.8 Å². The van der Waals surface area contributed by atoms with Gasteiger partial charge < -0.3 is 14.2 Å². The Morgan fingerprint density at radius 1 is 1.08 bits per heavy atom. The minimum absolute atomic E-state index is 0.0407. The van der Waals surface area contributed by atoms with Gasteiger partial charge in [0.05, 0.1) is 19.8 Å². The van der Waals surface area contributed by atoms with Crippen molar-refractivity contribution in [2.45, 2.75) is 32.5 Å². The van der Waals surface area contributed by atoms with Gasteiger partial charge in [0.15, 0.2) is 0 Å². The van der Waals surface area contributed by atoms with Crippen LogP contribution in [0.5, 0.6) is 5.88 Å². The predicted molar refractivity (Wildman–Crippen MR) is 138 cm³/mol. The Morgan fingerprint density at radius 3 is 2.39 bits per heavy atom. The van der Waals surface area contributed by atoms with E-state index in [0.29, 0.717) is 30.7 Å². The third kappa shape index (κ3) is 5.11. The van der Waals surface area contributed by atoms with E-state index in [-0.39, 0.29) is 40.8 Å². The molecule has 38 heavy (non-hydrogen) atoms. The lowest BCUT2D eigenvalue weighted by molar-refractivity contribution is -0.162. The van der Waals surface area contributed by atoms with Crippen LogP contribution in [0.15, 0.2) is 36.5 Å². The Morgan fingerprint density at radius 2 is 1.76 bits per heavy atom. The van der Waals surface area contributed by atoms with E-state index in [0.717, 1.165) is 10.6 Å². The number of fused-ring (bicyclic) bond motifs is 1. The van der Waals surface area contributed by atoms with Gasteiger partial charge in [-0.2, -0.15) is 4.98 Å². The van der Waals surface area contributed by atoms with Gasteiger partial charge in [-0.25, -0.2) is 9.45 Å². The van der Waals surface area contributed by atoms with Crippen LogP contribution in [0.4, 0.5) is 4.39 Å². The van der Waals surface area contributed by atoms with E-state index in [1.807, 2.05) is 13.8 Å². The number of likely N-dealkylation sites (N-methyl/N-ethyl adjacent to an activating group) is 1. The highest BCUT2D eigenvalue weighted by Crippen LogP contribution is 2.29. The molecular formula is C27H32FN5O5.